The van der Waals surface area contributed by atoms with E-state index >= 15 is 0 Å². The maximum atomic E-state index is 4.88. The summed E-state index contributed by atoms with van der Waals surface area (Å²) in [5, 5.41) is 15.3. The Morgan fingerprint density at radius 2 is 1.04 bits per heavy atom. The van der Waals surface area contributed by atoms with E-state index in [4.69, 9.17) is 9.97 Å². The van der Waals surface area contributed by atoms with Gasteiger partial charge < -0.3 is 21.3 Å². The smallest absolute Gasteiger partial charge is 0.0968 e. The van der Waals surface area contributed by atoms with Gasteiger partial charge in [-0.15, -0.1) is 0 Å². The third-order valence-electron chi connectivity index (χ3n) is 4.35. The highest BCUT2D eigenvalue weighted by atomic mass is 14.9. The number of benzene rings is 1. The lowest BCUT2D eigenvalue weighted by Crippen LogP contribution is -2.24. The first kappa shape index (κ1) is 18.7. The van der Waals surface area contributed by atoms with Crippen LogP contribution in [-0.4, -0.2) is 50.2 Å². The highest BCUT2D eigenvalue weighted by Crippen LogP contribution is 2.23. The Kier molecular flexibility index (Phi) is 6.85. The van der Waals surface area contributed by atoms with Crippen molar-refractivity contribution in [1.29, 1.82) is 0 Å². The molecule has 3 rings (SSSR count). The van der Waals surface area contributed by atoms with Crippen LogP contribution < -0.4 is 21.3 Å². The average Bonchev–Trinajstić information content (AvgIpc) is 2.68. The lowest BCUT2D eigenvalue weighted by molar-refractivity contribution is 0.643. The summed E-state index contributed by atoms with van der Waals surface area (Å²) in [5.74, 6) is 0. The molecule has 6 nitrogen and oxygen atoms in total. The van der Waals surface area contributed by atoms with Gasteiger partial charge in [0.25, 0.3) is 0 Å². The molecule has 1 aromatic carbocycles. The summed E-state index contributed by atoms with van der Waals surface area (Å²) in [6.45, 7) is 5.27. The minimum Gasteiger partial charge on any atom is -0.318 e. The van der Waals surface area contributed by atoms with Crippen LogP contribution in [0.25, 0.3) is 21.8 Å². The molecule has 0 spiro atoms. The summed E-state index contributed by atoms with van der Waals surface area (Å²) in [7, 11) is 3.91. The summed E-state index contributed by atoms with van der Waals surface area (Å²) in [6.07, 6.45) is 0. The maximum Gasteiger partial charge on any atom is 0.0968 e. The summed E-state index contributed by atoms with van der Waals surface area (Å²) >= 11 is 0. The van der Waals surface area contributed by atoms with Gasteiger partial charge in [0.15, 0.2) is 0 Å². The molecule has 0 unspecified atom stereocenters. The van der Waals surface area contributed by atoms with Crippen LogP contribution >= 0.6 is 0 Å². The number of likely N-dealkylation sites (N-methyl/N-ethyl adjacent to an activating group) is 2. The van der Waals surface area contributed by atoms with Crippen molar-refractivity contribution in [1.82, 2.24) is 31.2 Å². The monoisotopic (exact) mass is 352 g/mol. The molecule has 2 heterocycles. The number of pyridine rings is 2. The molecule has 0 bridgehead atoms. The minimum atomic E-state index is 0.763. The lowest BCUT2D eigenvalue weighted by atomic mass is 10.1. The third-order valence-corrected chi connectivity index (χ3v) is 4.35. The number of fused-ring (bicyclic) bond motifs is 3. The van der Waals surface area contributed by atoms with Crippen LogP contribution in [0.1, 0.15) is 11.4 Å². The highest BCUT2D eigenvalue weighted by molar-refractivity contribution is 6.02. The van der Waals surface area contributed by atoms with Crippen LogP contribution in [0.2, 0.25) is 0 Å². The molecule has 0 radical (unpaired) electrons. The SMILES string of the molecule is CNCCNCc1ccc2ccc3ccc(CNCCNC)nc3c2n1. The number of nitrogens with one attached hydrogen (secondary N) is 4. The minimum absolute atomic E-state index is 0.763. The summed E-state index contributed by atoms with van der Waals surface area (Å²) in [6, 6.07) is 12.7. The highest BCUT2D eigenvalue weighted by Gasteiger charge is 2.06. The Balaban J connectivity index is 1.84. The van der Waals surface area contributed by atoms with E-state index in [2.05, 4.69) is 57.7 Å². The van der Waals surface area contributed by atoms with Crippen LogP contribution in [0, 0.1) is 0 Å². The second kappa shape index (κ2) is 9.54. The molecular weight excluding hydrogens is 324 g/mol. The van der Waals surface area contributed by atoms with Gasteiger partial charge in [0.2, 0.25) is 0 Å². The van der Waals surface area contributed by atoms with Gasteiger partial charge in [-0.2, -0.15) is 0 Å². The van der Waals surface area contributed by atoms with E-state index in [1.54, 1.807) is 0 Å². The van der Waals surface area contributed by atoms with Gasteiger partial charge in [0, 0.05) is 50.0 Å². The first-order valence-electron chi connectivity index (χ1n) is 9.20. The summed E-state index contributed by atoms with van der Waals surface area (Å²) in [5.41, 5.74) is 4.04. The Morgan fingerprint density at radius 1 is 0.615 bits per heavy atom. The molecule has 0 amide bonds. The largest absolute Gasteiger partial charge is 0.318 e. The molecule has 138 valence electrons. The van der Waals surface area contributed by atoms with Gasteiger partial charge in [-0.1, -0.05) is 24.3 Å². The number of hydrogen-bond donors (Lipinski definition) is 4. The van der Waals surface area contributed by atoms with Gasteiger partial charge in [0.1, 0.15) is 0 Å². The molecule has 0 fully saturated rings. The van der Waals surface area contributed by atoms with Gasteiger partial charge in [-0.25, -0.2) is 9.97 Å². The van der Waals surface area contributed by atoms with Crippen molar-refractivity contribution in [2.45, 2.75) is 13.1 Å². The number of rotatable bonds is 10. The van der Waals surface area contributed by atoms with E-state index < -0.39 is 0 Å². The lowest BCUT2D eigenvalue weighted by Gasteiger charge is -2.09. The van der Waals surface area contributed by atoms with E-state index in [9.17, 15) is 0 Å². The van der Waals surface area contributed by atoms with E-state index in [1.165, 1.54) is 0 Å². The molecule has 0 atom stereocenters. The molecule has 3 aromatic rings. The first-order valence-corrected chi connectivity index (χ1v) is 9.20. The van der Waals surface area contributed by atoms with Crippen molar-refractivity contribution in [3.8, 4) is 0 Å². The van der Waals surface area contributed by atoms with Crippen molar-refractivity contribution in [3.05, 3.63) is 47.8 Å². The van der Waals surface area contributed by atoms with Gasteiger partial charge >= 0.3 is 0 Å². The fourth-order valence-electron chi connectivity index (χ4n) is 2.91. The first-order chi connectivity index (χ1) is 12.8. The van der Waals surface area contributed by atoms with E-state index in [0.717, 1.165) is 72.5 Å². The Hall–Kier alpha value is -2.12. The van der Waals surface area contributed by atoms with Crippen LogP contribution in [0.3, 0.4) is 0 Å². The zero-order valence-electron chi connectivity index (χ0n) is 15.6. The molecular formula is C20H28N6. The van der Waals surface area contributed by atoms with Gasteiger partial charge in [0.05, 0.1) is 22.4 Å². The van der Waals surface area contributed by atoms with E-state index in [1.807, 2.05) is 14.1 Å². The van der Waals surface area contributed by atoms with E-state index in [0.29, 0.717) is 0 Å². The quantitative estimate of drug-likeness (QED) is 0.327. The number of aromatic nitrogens is 2. The topological polar surface area (TPSA) is 73.9 Å². The fourth-order valence-corrected chi connectivity index (χ4v) is 2.91. The molecule has 0 saturated heterocycles. The normalized spacial score (nSPS) is 11.5. The molecule has 0 aliphatic rings. The summed E-state index contributed by atoms with van der Waals surface area (Å²) < 4.78 is 0. The third kappa shape index (κ3) is 4.74. The summed E-state index contributed by atoms with van der Waals surface area (Å²) in [4.78, 5) is 9.75. The number of nitrogens with zero attached hydrogens (tertiary/aromatic N) is 2. The van der Waals surface area contributed by atoms with Crippen molar-refractivity contribution in [2.75, 3.05) is 40.3 Å². The van der Waals surface area contributed by atoms with Crippen LogP contribution in [0.15, 0.2) is 36.4 Å². The predicted molar refractivity (Wildman–Crippen MR) is 108 cm³/mol. The Labute approximate surface area is 154 Å². The van der Waals surface area contributed by atoms with Crippen molar-refractivity contribution in [3.63, 3.8) is 0 Å². The van der Waals surface area contributed by atoms with Crippen LogP contribution in [0.5, 0.6) is 0 Å². The Morgan fingerprint density at radius 3 is 1.46 bits per heavy atom. The molecule has 4 N–H and O–H groups in total. The standard InChI is InChI=1S/C20H28N6/c1-21-9-11-23-13-17-7-5-15-3-4-16-6-8-18(14-24-12-10-22-2)26-20(16)19(15)25-17/h3-8,21-24H,9-14H2,1-2H3. The zero-order chi connectivity index (χ0) is 18.2. The molecule has 0 saturated carbocycles. The Bertz CT molecular complexity index is 777. The average molecular weight is 352 g/mol. The van der Waals surface area contributed by atoms with Crippen molar-refractivity contribution >= 4 is 21.8 Å². The molecule has 6 heteroatoms. The van der Waals surface area contributed by atoms with Gasteiger partial charge in [-0.3, -0.25) is 0 Å². The molecule has 0 aliphatic heterocycles. The van der Waals surface area contributed by atoms with Crippen LogP contribution in [-0.2, 0) is 13.1 Å². The van der Waals surface area contributed by atoms with E-state index in [-0.39, 0.29) is 0 Å². The second-order valence-electron chi connectivity index (χ2n) is 6.37. The van der Waals surface area contributed by atoms with Crippen molar-refractivity contribution < 1.29 is 0 Å². The number of hydrogen-bond acceptors (Lipinski definition) is 6. The van der Waals surface area contributed by atoms with Crippen molar-refractivity contribution in [2.24, 2.45) is 0 Å². The molecule has 2 aromatic heterocycles. The van der Waals surface area contributed by atoms with Gasteiger partial charge in [-0.05, 0) is 26.2 Å². The fraction of sp³-hybridized carbons (Fsp3) is 0.400. The maximum absolute atomic E-state index is 4.88. The second-order valence-corrected chi connectivity index (χ2v) is 6.37. The predicted octanol–water partition coefficient (Wildman–Crippen LogP) is 1.40. The molecule has 26 heavy (non-hydrogen) atoms. The van der Waals surface area contributed by atoms with Crippen LogP contribution in [0.4, 0.5) is 0 Å². The zero-order valence-corrected chi connectivity index (χ0v) is 15.6. The molecule has 0 aliphatic carbocycles.